The standard InChI is InChI=1S/C26H28N2O7S/c1-16(2)14-35-24(30)13-28-25(31)22(36-26(28)32)12-18-7-10-20(21(11-18)33-4)34-15-23(29)27-19-8-5-17(3)6-9-19/h5-12,16H,13-15H2,1-4H3,(H,27,29)/b22-12+. The number of ether oxygens (including phenoxy) is 3. The van der Waals surface area contributed by atoms with E-state index in [0.29, 0.717) is 22.7 Å². The molecule has 3 rings (SSSR count). The summed E-state index contributed by atoms with van der Waals surface area (Å²) >= 11 is 0.742. The van der Waals surface area contributed by atoms with Gasteiger partial charge in [-0.2, -0.15) is 0 Å². The zero-order valence-corrected chi connectivity index (χ0v) is 21.3. The molecule has 190 valence electrons. The Hall–Kier alpha value is -3.79. The van der Waals surface area contributed by atoms with E-state index in [1.165, 1.54) is 13.2 Å². The van der Waals surface area contributed by atoms with Crippen molar-refractivity contribution in [2.45, 2.75) is 20.8 Å². The number of rotatable bonds is 10. The first-order chi connectivity index (χ1) is 17.2. The summed E-state index contributed by atoms with van der Waals surface area (Å²) in [4.78, 5) is 50.1. The van der Waals surface area contributed by atoms with Gasteiger partial charge in [0.1, 0.15) is 6.54 Å². The number of esters is 1. The van der Waals surface area contributed by atoms with Crippen LogP contribution in [0.15, 0.2) is 47.4 Å². The molecule has 36 heavy (non-hydrogen) atoms. The number of thioether (sulfide) groups is 1. The second-order valence-corrected chi connectivity index (χ2v) is 9.45. The van der Waals surface area contributed by atoms with Crippen LogP contribution in [-0.2, 0) is 19.1 Å². The van der Waals surface area contributed by atoms with Crippen molar-refractivity contribution in [1.82, 2.24) is 4.90 Å². The summed E-state index contributed by atoms with van der Waals surface area (Å²) in [5.41, 5.74) is 2.33. The quantitative estimate of drug-likeness (QED) is 0.371. The van der Waals surface area contributed by atoms with Crippen molar-refractivity contribution in [2.24, 2.45) is 5.92 Å². The van der Waals surface area contributed by atoms with Crippen molar-refractivity contribution in [3.05, 3.63) is 58.5 Å². The lowest BCUT2D eigenvalue weighted by molar-refractivity contribution is -0.147. The highest BCUT2D eigenvalue weighted by atomic mass is 32.2. The van der Waals surface area contributed by atoms with Crippen molar-refractivity contribution >= 4 is 46.5 Å². The molecule has 0 aromatic heterocycles. The molecule has 10 heteroatoms. The van der Waals surface area contributed by atoms with E-state index in [1.54, 1.807) is 30.3 Å². The van der Waals surface area contributed by atoms with E-state index in [1.807, 2.05) is 32.9 Å². The number of imide groups is 1. The zero-order chi connectivity index (χ0) is 26.2. The first kappa shape index (κ1) is 26.8. The predicted octanol–water partition coefficient (Wildman–Crippen LogP) is 4.26. The average molecular weight is 513 g/mol. The van der Waals surface area contributed by atoms with Crippen LogP contribution in [0.2, 0.25) is 0 Å². The fourth-order valence-corrected chi connectivity index (χ4v) is 3.93. The fraction of sp³-hybridized carbons (Fsp3) is 0.308. The number of anilines is 1. The molecule has 2 aromatic rings. The maximum Gasteiger partial charge on any atom is 0.326 e. The molecule has 2 aromatic carbocycles. The van der Waals surface area contributed by atoms with Crippen molar-refractivity contribution in [3.8, 4) is 11.5 Å². The normalized spacial score (nSPS) is 14.4. The Labute approximate surface area is 213 Å². The second kappa shape index (κ2) is 12.3. The molecule has 1 N–H and O–H groups in total. The Kier molecular flexibility index (Phi) is 9.13. The molecule has 0 saturated carbocycles. The summed E-state index contributed by atoms with van der Waals surface area (Å²) in [6.07, 6.45) is 1.53. The van der Waals surface area contributed by atoms with Gasteiger partial charge in [0, 0.05) is 5.69 Å². The molecule has 0 atom stereocenters. The summed E-state index contributed by atoms with van der Waals surface area (Å²) in [6.45, 7) is 5.29. The Morgan fingerprint density at radius 1 is 1.08 bits per heavy atom. The van der Waals surface area contributed by atoms with E-state index in [4.69, 9.17) is 14.2 Å². The third-order valence-corrected chi connectivity index (χ3v) is 5.83. The lowest BCUT2D eigenvalue weighted by Crippen LogP contribution is -2.34. The van der Waals surface area contributed by atoms with Crippen LogP contribution in [0.25, 0.3) is 6.08 Å². The molecule has 0 bridgehead atoms. The Morgan fingerprint density at radius 3 is 2.47 bits per heavy atom. The lowest BCUT2D eigenvalue weighted by atomic mass is 10.2. The van der Waals surface area contributed by atoms with Gasteiger partial charge in [-0.1, -0.05) is 37.6 Å². The van der Waals surface area contributed by atoms with E-state index in [-0.39, 0.29) is 29.9 Å². The molecular weight excluding hydrogens is 484 g/mol. The van der Waals surface area contributed by atoms with Gasteiger partial charge in [0.2, 0.25) is 0 Å². The minimum Gasteiger partial charge on any atom is -0.493 e. The van der Waals surface area contributed by atoms with Crippen molar-refractivity contribution in [2.75, 3.05) is 32.2 Å². The molecule has 0 unspecified atom stereocenters. The molecular formula is C26H28N2O7S. The molecule has 3 amide bonds. The maximum atomic E-state index is 12.7. The number of carbonyl (C=O) groups is 4. The Balaban J connectivity index is 1.62. The van der Waals surface area contributed by atoms with Gasteiger partial charge in [0.05, 0.1) is 18.6 Å². The van der Waals surface area contributed by atoms with Crippen LogP contribution in [0, 0.1) is 12.8 Å². The Bertz CT molecular complexity index is 1180. The van der Waals surface area contributed by atoms with Gasteiger partial charge < -0.3 is 19.5 Å². The number of nitrogens with one attached hydrogen (secondary N) is 1. The van der Waals surface area contributed by atoms with Gasteiger partial charge in [-0.3, -0.25) is 24.1 Å². The van der Waals surface area contributed by atoms with Crippen LogP contribution in [-0.4, -0.2) is 54.8 Å². The molecule has 1 fully saturated rings. The summed E-state index contributed by atoms with van der Waals surface area (Å²) in [6, 6.07) is 12.3. The first-order valence-electron chi connectivity index (χ1n) is 11.2. The van der Waals surface area contributed by atoms with Crippen molar-refractivity contribution in [3.63, 3.8) is 0 Å². The Morgan fingerprint density at radius 2 is 1.81 bits per heavy atom. The molecule has 1 heterocycles. The molecule has 1 saturated heterocycles. The molecule has 0 aliphatic carbocycles. The van der Waals surface area contributed by atoms with Crippen molar-refractivity contribution < 1.29 is 33.4 Å². The van der Waals surface area contributed by atoms with E-state index in [0.717, 1.165) is 22.2 Å². The zero-order valence-electron chi connectivity index (χ0n) is 20.5. The van der Waals surface area contributed by atoms with Gasteiger partial charge in [-0.15, -0.1) is 0 Å². The van der Waals surface area contributed by atoms with E-state index >= 15 is 0 Å². The largest absolute Gasteiger partial charge is 0.493 e. The number of hydrogen-bond donors (Lipinski definition) is 1. The van der Waals surface area contributed by atoms with E-state index in [9.17, 15) is 19.2 Å². The van der Waals surface area contributed by atoms with Crippen LogP contribution in [0.4, 0.5) is 10.5 Å². The van der Waals surface area contributed by atoms with E-state index in [2.05, 4.69) is 5.32 Å². The van der Waals surface area contributed by atoms with E-state index < -0.39 is 23.7 Å². The first-order valence-corrected chi connectivity index (χ1v) is 12.1. The number of methoxy groups -OCH3 is 1. The van der Waals surface area contributed by atoms with Crippen LogP contribution in [0.1, 0.15) is 25.0 Å². The van der Waals surface area contributed by atoms with Crippen LogP contribution >= 0.6 is 11.8 Å². The number of amides is 3. The number of aryl methyl sites for hydroxylation is 1. The predicted molar refractivity (Wildman–Crippen MR) is 137 cm³/mol. The molecule has 1 aliphatic heterocycles. The maximum absolute atomic E-state index is 12.7. The summed E-state index contributed by atoms with van der Waals surface area (Å²) in [5, 5.41) is 2.21. The van der Waals surface area contributed by atoms with Crippen LogP contribution < -0.4 is 14.8 Å². The minimum atomic E-state index is -0.637. The molecule has 0 radical (unpaired) electrons. The second-order valence-electron chi connectivity index (χ2n) is 8.46. The third kappa shape index (κ3) is 7.35. The lowest BCUT2D eigenvalue weighted by Gasteiger charge is -2.13. The summed E-state index contributed by atoms with van der Waals surface area (Å²) in [7, 11) is 1.45. The number of carbonyl (C=O) groups excluding carboxylic acids is 4. The summed E-state index contributed by atoms with van der Waals surface area (Å²) < 4.78 is 16.0. The van der Waals surface area contributed by atoms with Crippen LogP contribution in [0.5, 0.6) is 11.5 Å². The SMILES string of the molecule is COc1cc(/C=C2/SC(=O)N(CC(=O)OCC(C)C)C2=O)ccc1OCC(=O)Nc1ccc(C)cc1. The van der Waals surface area contributed by atoms with Gasteiger partial charge in [-0.25, -0.2) is 0 Å². The van der Waals surface area contributed by atoms with Crippen LogP contribution in [0.3, 0.4) is 0 Å². The number of nitrogens with zero attached hydrogens (tertiary/aromatic N) is 1. The van der Waals surface area contributed by atoms with Gasteiger partial charge in [-0.05, 0) is 60.5 Å². The highest BCUT2D eigenvalue weighted by molar-refractivity contribution is 8.18. The molecule has 9 nitrogen and oxygen atoms in total. The van der Waals surface area contributed by atoms with Gasteiger partial charge in [0.15, 0.2) is 18.1 Å². The smallest absolute Gasteiger partial charge is 0.326 e. The summed E-state index contributed by atoms with van der Waals surface area (Å²) in [5.74, 6) is -0.697. The minimum absolute atomic E-state index is 0.147. The highest BCUT2D eigenvalue weighted by Gasteiger charge is 2.36. The monoisotopic (exact) mass is 512 g/mol. The average Bonchev–Trinajstić information content (AvgIpc) is 3.10. The van der Waals surface area contributed by atoms with Gasteiger partial charge >= 0.3 is 5.97 Å². The number of benzene rings is 2. The topological polar surface area (TPSA) is 111 Å². The van der Waals surface area contributed by atoms with Gasteiger partial charge in [0.25, 0.3) is 17.1 Å². The fourth-order valence-electron chi connectivity index (χ4n) is 3.09. The third-order valence-electron chi connectivity index (χ3n) is 4.92. The molecule has 1 aliphatic rings. The molecule has 0 spiro atoms. The van der Waals surface area contributed by atoms with Crippen molar-refractivity contribution in [1.29, 1.82) is 0 Å². The highest BCUT2D eigenvalue weighted by Crippen LogP contribution is 2.34. The number of hydrogen-bond acceptors (Lipinski definition) is 8.